The second-order valence-corrected chi connectivity index (χ2v) is 2.91. The van der Waals surface area contributed by atoms with Crippen molar-refractivity contribution in [3.63, 3.8) is 0 Å². The molecule has 0 aliphatic heterocycles. The zero-order valence-corrected chi connectivity index (χ0v) is 8.41. The van der Waals surface area contributed by atoms with Crippen LogP contribution in [0.2, 0.25) is 0 Å². The van der Waals surface area contributed by atoms with Gasteiger partial charge in [0.2, 0.25) is 0 Å². The average Bonchev–Trinajstić information content (AvgIpc) is 2.16. The molecule has 1 aromatic rings. The Kier molecular flexibility index (Phi) is 3.44. The lowest BCUT2D eigenvalue weighted by atomic mass is 10.2. The van der Waals surface area contributed by atoms with Crippen LogP contribution in [0, 0.1) is 6.92 Å². The van der Waals surface area contributed by atoms with Crippen molar-refractivity contribution >= 4 is 12.2 Å². The van der Waals surface area contributed by atoms with Crippen molar-refractivity contribution in [1.29, 1.82) is 0 Å². The summed E-state index contributed by atoms with van der Waals surface area (Å²) in [6.45, 7) is 6.02. The van der Waals surface area contributed by atoms with E-state index in [4.69, 9.17) is 0 Å². The second kappa shape index (κ2) is 4.61. The third kappa shape index (κ3) is 2.55. The van der Waals surface area contributed by atoms with Crippen LogP contribution in [0.1, 0.15) is 19.5 Å². The van der Waals surface area contributed by atoms with Crippen molar-refractivity contribution in [2.24, 2.45) is 0 Å². The van der Waals surface area contributed by atoms with Crippen LogP contribution in [0.25, 0.3) is 12.2 Å². The van der Waals surface area contributed by atoms with E-state index in [0.29, 0.717) is 0 Å². The Morgan fingerprint density at radius 3 is 2.62 bits per heavy atom. The van der Waals surface area contributed by atoms with Gasteiger partial charge in [0, 0.05) is 5.69 Å². The predicted molar refractivity (Wildman–Crippen MR) is 57.6 cm³/mol. The number of aryl methyl sites for hydroxylation is 1. The van der Waals surface area contributed by atoms with Crippen molar-refractivity contribution < 1.29 is 0 Å². The quantitative estimate of drug-likeness (QED) is 0.628. The number of allylic oxidation sites excluding steroid dienone is 2. The summed E-state index contributed by atoms with van der Waals surface area (Å²) in [5, 5.41) is 2.23. The zero-order chi connectivity index (χ0) is 9.68. The van der Waals surface area contributed by atoms with Gasteiger partial charge in [-0.15, -0.1) is 0 Å². The molecular weight excluding hydrogens is 158 g/mol. The highest BCUT2D eigenvalue weighted by atomic mass is 14.7. The first kappa shape index (κ1) is 9.72. The number of pyridine rings is 1. The van der Waals surface area contributed by atoms with Crippen LogP contribution in [-0.2, 0) is 0 Å². The first-order chi connectivity index (χ1) is 6.27. The summed E-state index contributed by atoms with van der Waals surface area (Å²) in [5.74, 6) is 0. The Labute approximate surface area is 79.1 Å². The summed E-state index contributed by atoms with van der Waals surface area (Å²) < 4.78 is 0. The summed E-state index contributed by atoms with van der Waals surface area (Å²) in [4.78, 5) is 4.42. The van der Waals surface area contributed by atoms with Gasteiger partial charge in [-0.3, -0.25) is 4.98 Å². The molecule has 0 bridgehead atoms. The molecule has 68 valence electrons. The third-order valence-electron chi connectivity index (χ3n) is 1.84. The molecule has 0 saturated carbocycles. The molecule has 0 amide bonds. The van der Waals surface area contributed by atoms with Gasteiger partial charge < -0.3 is 0 Å². The molecule has 0 aromatic carbocycles. The van der Waals surface area contributed by atoms with Crippen LogP contribution in [0.5, 0.6) is 0 Å². The number of aromatic nitrogens is 1. The first-order valence-electron chi connectivity index (χ1n) is 4.51. The fourth-order valence-corrected chi connectivity index (χ4v) is 1.16. The van der Waals surface area contributed by atoms with Crippen LogP contribution >= 0.6 is 0 Å². The summed E-state index contributed by atoms with van der Waals surface area (Å²) in [6, 6.07) is 4.12. The molecule has 0 fully saturated rings. The SMILES string of the molecule is C\C=C/C=c1/ccc(C)n/c1=C/C. The predicted octanol–water partition coefficient (Wildman–Crippen LogP) is 1.55. The molecule has 13 heavy (non-hydrogen) atoms. The molecule has 0 atom stereocenters. The van der Waals surface area contributed by atoms with Crippen molar-refractivity contribution in [2.45, 2.75) is 20.8 Å². The summed E-state index contributed by atoms with van der Waals surface area (Å²) in [7, 11) is 0. The molecule has 0 aliphatic rings. The lowest BCUT2D eigenvalue weighted by Gasteiger charge is -1.91. The standard InChI is InChI=1S/C12H15N/c1-4-6-7-11-9-8-10(3)13-12(11)5-2/h4-9H,1-3H3/b6-4-,11-7-,12-5+. The molecule has 0 unspecified atom stereocenters. The highest BCUT2D eigenvalue weighted by Crippen LogP contribution is 1.81. The summed E-state index contributed by atoms with van der Waals surface area (Å²) >= 11 is 0. The Hall–Kier alpha value is -1.37. The van der Waals surface area contributed by atoms with Gasteiger partial charge in [0.1, 0.15) is 0 Å². The zero-order valence-electron chi connectivity index (χ0n) is 8.41. The minimum Gasteiger partial charge on any atom is -0.253 e. The van der Waals surface area contributed by atoms with Gasteiger partial charge in [0.25, 0.3) is 0 Å². The van der Waals surface area contributed by atoms with Crippen LogP contribution < -0.4 is 10.6 Å². The Bertz CT molecular complexity index is 413. The number of nitrogens with zero attached hydrogens (tertiary/aromatic N) is 1. The van der Waals surface area contributed by atoms with Gasteiger partial charge in [0.05, 0.1) is 5.35 Å². The van der Waals surface area contributed by atoms with Crippen molar-refractivity contribution in [1.82, 2.24) is 4.98 Å². The monoisotopic (exact) mass is 173 g/mol. The van der Waals surface area contributed by atoms with E-state index < -0.39 is 0 Å². The molecule has 0 radical (unpaired) electrons. The van der Waals surface area contributed by atoms with Gasteiger partial charge in [-0.05, 0) is 32.1 Å². The van der Waals surface area contributed by atoms with Crippen LogP contribution in [0.3, 0.4) is 0 Å². The van der Waals surface area contributed by atoms with Gasteiger partial charge in [-0.1, -0.05) is 30.4 Å². The van der Waals surface area contributed by atoms with Gasteiger partial charge >= 0.3 is 0 Å². The average molecular weight is 173 g/mol. The second-order valence-electron chi connectivity index (χ2n) is 2.91. The minimum atomic E-state index is 1.05. The van der Waals surface area contributed by atoms with E-state index in [0.717, 1.165) is 11.0 Å². The summed E-state index contributed by atoms with van der Waals surface area (Å²) in [5.41, 5.74) is 1.06. The number of hydrogen-bond donors (Lipinski definition) is 0. The highest BCUT2D eigenvalue weighted by molar-refractivity contribution is 5.37. The van der Waals surface area contributed by atoms with Crippen LogP contribution in [0.15, 0.2) is 24.3 Å². The van der Waals surface area contributed by atoms with E-state index in [1.165, 1.54) is 5.22 Å². The molecule has 1 rings (SSSR count). The molecule has 1 heterocycles. The van der Waals surface area contributed by atoms with Gasteiger partial charge in [0.15, 0.2) is 0 Å². The number of hydrogen-bond acceptors (Lipinski definition) is 1. The van der Waals surface area contributed by atoms with Gasteiger partial charge in [-0.2, -0.15) is 0 Å². The van der Waals surface area contributed by atoms with Crippen LogP contribution in [0.4, 0.5) is 0 Å². The Morgan fingerprint density at radius 1 is 1.23 bits per heavy atom. The molecule has 0 N–H and O–H groups in total. The fraction of sp³-hybridized carbons (Fsp3) is 0.250. The topological polar surface area (TPSA) is 12.9 Å². The lowest BCUT2D eigenvalue weighted by molar-refractivity contribution is 1.13. The highest BCUT2D eigenvalue weighted by Gasteiger charge is 1.85. The van der Waals surface area contributed by atoms with E-state index in [9.17, 15) is 0 Å². The largest absolute Gasteiger partial charge is 0.253 e. The van der Waals surface area contributed by atoms with E-state index >= 15 is 0 Å². The van der Waals surface area contributed by atoms with E-state index in [2.05, 4.69) is 17.1 Å². The minimum absolute atomic E-state index is 1.05. The fourth-order valence-electron chi connectivity index (χ4n) is 1.16. The maximum atomic E-state index is 4.42. The maximum absolute atomic E-state index is 4.42. The van der Waals surface area contributed by atoms with Crippen molar-refractivity contribution in [3.8, 4) is 0 Å². The van der Waals surface area contributed by atoms with E-state index in [-0.39, 0.29) is 0 Å². The number of rotatable bonds is 1. The maximum Gasteiger partial charge on any atom is 0.0662 e. The normalized spacial score (nSPS) is 14.4. The first-order valence-corrected chi connectivity index (χ1v) is 4.51. The molecular formula is C12H15N. The third-order valence-corrected chi connectivity index (χ3v) is 1.84. The molecule has 1 aromatic heterocycles. The van der Waals surface area contributed by atoms with E-state index in [1.807, 2.05) is 45.1 Å². The van der Waals surface area contributed by atoms with Crippen LogP contribution in [-0.4, -0.2) is 4.98 Å². The molecule has 1 nitrogen and oxygen atoms in total. The molecule has 1 heteroatoms. The van der Waals surface area contributed by atoms with E-state index in [1.54, 1.807) is 0 Å². The molecule has 0 spiro atoms. The summed E-state index contributed by atoms with van der Waals surface area (Å²) in [6.07, 6.45) is 8.14. The van der Waals surface area contributed by atoms with Gasteiger partial charge in [-0.25, -0.2) is 0 Å². The Balaban J connectivity index is 3.39. The van der Waals surface area contributed by atoms with Crippen molar-refractivity contribution in [2.75, 3.05) is 0 Å². The lowest BCUT2D eigenvalue weighted by Crippen LogP contribution is -2.27. The Morgan fingerprint density at radius 2 is 2.00 bits per heavy atom. The van der Waals surface area contributed by atoms with Crippen molar-refractivity contribution in [3.05, 3.63) is 40.5 Å². The molecule has 0 aliphatic carbocycles. The smallest absolute Gasteiger partial charge is 0.0662 e. The molecule has 0 saturated heterocycles.